The lowest BCUT2D eigenvalue weighted by Gasteiger charge is -2.05. The molecule has 14 heavy (non-hydrogen) atoms. The highest BCUT2D eigenvalue weighted by Gasteiger charge is 2.32. The van der Waals surface area contributed by atoms with Crippen LogP contribution in [0.25, 0.3) is 11.0 Å². The van der Waals surface area contributed by atoms with E-state index < -0.39 is 6.36 Å². The Labute approximate surface area is 76.9 Å². The van der Waals surface area contributed by atoms with Crippen molar-refractivity contribution in [3.63, 3.8) is 0 Å². The zero-order chi connectivity index (χ0) is 10.2. The topological polar surface area (TPSA) is 22.4 Å². The zero-order valence-corrected chi connectivity index (χ0v) is 6.84. The van der Waals surface area contributed by atoms with Crippen LogP contribution in [0.4, 0.5) is 13.2 Å². The molecule has 5 heteroatoms. The molecular weight excluding hydrogens is 197 g/mol. The van der Waals surface area contributed by atoms with Crippen LogP contribution in [-0.4, -0.2) is 6.36 Å². The second-order valence-corrected chi connectivity index (χ2v) is 2.64. The van der Waals surface area contributed by atoms with Gasteiger partial charge in [0.15, 0.2) is 5.75 Å². The normalized spacial score (nSPS) is 11.9. The van der Waals surface area contributed by atoms with Crippen LogP contribution in [0.5, 0.6) is 5.75 Å². The van der Waals surface area contributed by atoms with Crippen LogP contribution >= 0.6 is 0 Å². The van der Waals surface area contributed by atoms with E-state index in [0.717, 1.165) is 6.26 Å². The van der Waals surface area contributed by atoms with E-state index in [0.29, 0.717) is 11.0 Å². The first kappa shape index (κ1) is 8.93. The number of hydrogen-bond donors (Lipinski definition) is 0. The van der Waals surface area contributed by atoms with Crippen LogP contribution in [0, 0.1) is 0 Å². The predicted molar refractivity (Wildman–Crippen MR) is 42.9 cm³/mol. The summed E-state index contributed by atoms with van der Waals surface area (Å²) < 4.78 is 44.3. The van der Waals surface area contributed by atoms with Crippen molar-refractivity contribution in [3.8, 4) is 5.75 Å². The molecule has 0 fully saturated rings. The Morgan fingerprint density at radius 2 is 1.86 bits per heavy atom. The zero-order valence-electron chi connectivity index (χ0n) is 6.84. The van der Waals surface area contributed by atoms with Crippen molar-refractivity contribution < 1.29 is 22.3 Å². The molecule has 1 heterocycles. The summed E-state index contributed by atoms with van der Waals surface area (Å²) in [7, 11) is 0. The summed E-state index contributed by atoms with van der Waals surface area (Å²) in [5.41, 5.74) is 0.367. The molecule has 74 valence electrons. The van der Waals surface area contributed by atoms with Crippen molar-refractivity contribution in [2.45, 2.75) is 6.36 Å². The van der Waals surface area contributed by atoms with E-state index in [-0.39, 0.29) is 5.75 Å². The molecule has 0 radical (unpaired) electrons. The van der Waals surface area contributed by atoms with Gasteiger partial charge in [-0.25, -0.2) is 0 Å². The summed E-state index contributed by atoms with van der Waals surface area (Å²) in [4.78, 5) is 0. The number of halogens is 3. The van der Waals surface area contributed by atoms with Gasteiger partial charge < -0.3 is 9.15 Å². The van der Waals surface area contributed by atoms with Gasteiger partial charge >= 0.3 is 6.36 Å². The van der Waals surface area contributed by atoms with E-state index in [2.05, 4.69) is 4.74 Å². The Morgan fingerprint density at radius 3 is 2.57 bits per heavy atom. The molecule has 0 saturated carbocycles. The summed E-state index contributed by atoms with van der Waals surface area (Å²) in [5, 5.41) is 0.310. The number of para-hydroxylation sites is 1. The minimum atomic E-state index is -4.69. The number of benzene rings is 1. The molecule has 0 atom stereocenters. The lowest BCUT2D eigenvalue weighted by atomic mass is 10.2. The van der Waals surface area contributed by atoms with E-state index in [1.165, 1.54) is 6.07 Å². The first-order chi connectivity index (χ1) is 6.56. The van der Waals surface area contributed by atoms with E-state index in [4.69, 9.17) is 4.42 Å². The third-order valence-corrected chi connectivity index (χ3v) is 1.67. The van der Waals surface area contributed by atoms with Crippen molar-refractivity contribution in [1.82, 2.24) is 0 Å². The lowest BCUT2D eigenvalue weighted by molar-refractivity contribution is -0.274. The Bertz CT molecular complexity index is 444. The second-order valence-electron chi connectivity index (χ2n) is 2.64. The molecule has 0 bridgehead atoms. The highest BCUT2D eigenvalue weighted by Crippen LogP contribution is 2.31. The molecule has 0 N–H and O–H groups in total. The lowest BCUT2D eigenvalue weighted by Crippen LogP contribution is -2.16. The van der Waals surface area contributed by atoms with Crippen LogP contribution in [0.15, 0.2) is 34.9 Å². The minimum absolute atomic E-state index is 0.310. The van der Waals surface area contributed by atoms with Crippen LogP contribution in [0.1, 0.15) is 0 Å². The molecule has 1 aromatic carbocycles. The Balaban J connectivity index is 2.44. The molecule has 0 aliphatic heterocycles. The summed E-state index contributed by atoms with van der Waals surface area (Å²) >= 11 is 0. The first-order valence-corrected chi connectivity index (χ1v) is 3.78. The Kier molecular flexibility index (Phi) is 1.87. The van der Waals surface area contributed by atoms with Crippen molar-refractivity contribution in [2.75, 3.05) is 0 Å². The molecule has 1 aromatic heterocycles. The standard InChI is InChI=1S/C9H5F3O2/c10-9(11,12)14-8-5-13-7-4-2-1-3-6(7)8/h1-5H. The van der Waals surface area contributed by atoms with Gasteiger partial charge in [0.25, 0.3) is 0 Å². The third-order valence-electron chi connectivity index (χ3n) is 1.67. The van der Waals surface area contributed by atoms with E-state index in [1.54, 1.807) is 18.2 Å². The van der Waals surface area contributed by atoms with Crippen LogP contribution in [0.2, 0.25) is 0 Å². The smallest absolute Gasteiger partial charge is 0.460 e. The van der Waals surface area contributed by atoms with Gasteiger partial charge in [-0.3, -0.25) is 0 Å². The van der Waals surface area contributed by atoms with Gasteiger partial charge in [0, 0.05) is 0 Å². The molecule has 0 aliphatic rings. The van der Waals surface area contributed by atoms with E-state index >= 15 is 0 Å². The van der Waals surface area contributed by atoms with Gasteiger partial charge in [0.2, 0.25) is 0 Å². The van der Waals surface area contributed by atoms with Gasteiger partial charge in [-0.15, -0.1) is 13.2 Å². The molecule has 0 spiro atoms. The average molecular weight is 202 g/mol. The summed E-state index contributed by atoms with van der Waals surface area (Å²) in [6, 6.07) is 6.35. The Morgan fingerprint density at radius 1 is 1.14 bits per heavy atom. The maximum Gasteiger partial charge on any atom is 0.573 e. The van der Waals surface area contributed by atoms with Crippen molar-refractivity contribution in [2.24, 2.45) is 0 Å². The fourth-order valence-corrected chi connectivity index (χ4v) is 1.16. The predicted octanol–water partition coefficient (Wildman–Crippen LogP) is 3.33. The fourth-order valence-electron chi connectivity index (χ4n) is 1.16. The quantitative estimate of drug-likeness (QED) is 0.707. The van der Waals surface area contributed by atoms with Gasteiger partial charge in [-0.1, -0.05) is 12.1 Å². The monoisotopic (exact) mass is 202 g/mol. The SMILES string of the molecule is FC(F)(F)Oc1coc2ccccc12. The molecule has 2 aromatic rings. The van der Waals surface area contributed by atoms with Gasteiger partial charge in [0.1, 0.15) is 11.8 Å². The van der Waals surface area contributed by atoms with Crippen molar-refractivity contribution >= 4 is 11.0 Å². The average Bonchev–Trinajstić information content (AvgIpc) is 2.47. The fraction of sp³-hybridized carbons (Fsp3) is 0.111. The molecule has 0 amide bonds. The van der Waals surface area contributed by atoms with Gasteiger partial charge in [-0.2, -0.15) is 0 Å². The van der Waals surface area contributed by atoms with Gasteiger partial charge in [-0.05, 0) is 12.1 Å². The molecule has 0 saturated heterocycles. The minimum Gasteiger partial charge on any atom is -0.460 e. The third kappa shape index (κ3) is 1.66. The van der Waals surface area contributed by atoms with Crippen LogP contribution in [-0.2, 0) is 0 Å². The van der Waals surface area contributed by atoms with E-state index in [9.17, 15) is 13.2 Å². The summed E-state index contributed by atoms with van der Waals surface area (Å²) in [6.45, 7) is 0. The second kappa shape index (κ2) is 2.94. The molecule has 0 aliphatic carbocycles. The van der Waals surface area contributed by atoms with Gasteiger partial charge in [0.05, 0.1) is 5.39 Å². The first-order valence-electron chi connectivity index (χ1n) is 3.78. The summed E-state index contributed by atoms with van der Waals surface area (Å²) in [6.07, 6.45) is -3.75. The molecular formula is C9H5F3O2. The number of alkyl halides is 3. The Hall–Kier alpha value is -1.65. The molecule has 0 unspecified atom stereocenters. The number of ether oxygens (including phenoxy) is 1. The van der Waals surface area contributed by atoms with Crippen LogP contribution < -0.4 is 4.74 Å². The molecule has 2 nitrogen and oxygen atoms in total. The molecule has 2 rings (SSSR count). The maximum absolute atomic E-state index is 11.9. The van der Waals surface area contributed by atoms with Crippen LogP contribution in [0.3, 0.4) is 0 Å². The van der Waals surface area contributed by atoms with Crippen molar-refractivity contribution in [3.05, 3.63) is 30.5 Å². The number of rotatable bonds is 1. The number of hydrogen-bond acceptors (Lipinski definition) is 2. The summed E-state index contributed by atoms with van der Waals surface area (Å²) in [5.74, 6) is -0.312. The number of furan rings is 1. The van der Waals surface area contributed by atoms with Crippen molar-refractivity contribution in [1.29, 1.82) is 0 Å². The highest BCUT2D eigenvalue weighted by atomic mass is 19.4. The largest absolute Gasteiger partial charge is 0.573 e. The van der Waals surface area contributed by atoms with E-state index in [1.807, 2.05) is 0 Å². The maximum atomic E-state index is 11.9. The highest BCUT2D eigenvalue weighted by molar-refractivity contribution is 5.83. The number of fused-ring (bicyclic) bond motifs is 1.